The van der Waals surface area contributed by atoms with Crippen LogP contribution >= 0.6 is 11.6 Å². The number of halogens is 1. The van der Waals surface area contributed by atoms with E-state index in [-0.39, 0.29) is 18.2 Å². The number of rotatable bonds is 3. The first-order valence-corrected chi connectivity index (χ1v) is 8.17. The van der Waals surface area contributed by atoms with Crippen molar-refractivity contribution in [1.29, 1.82) is 0 Å². The average Bonchev–Trinajstić information content (AvgIpc) is 2.99. The van der Waals surface area contributed by atoms with E-state index in [0.29, 0.717) is 29.2 Å². The second-order valence-corrected chi connectivity index (χ2v) is 6.46. The van der Waals surface area contributed by atoms with E-state index in [1.807, 2.05) is 0 Å². The number of anilines is 2. The third-order valence-electron chi connectivity index (χ3n) is 4.68. The van der Waals surface area contributed by atoms with Crippen LogP contribution in [-0.2, 0) is 14.4 Å². The first kappa shape index (κ1) is 16.6. The number of fused-ring (bicyclic) bond motifs is 1. The Bertz CT molecular complexity index is 723. The summed E-state index contributed by atoms with van der Waals surface area (Å²) in [5.74, 6) is -1.74. The molecule has 0 radical (unpaired) electrons. The Morgan fingerprint density at radius 3 is 2.67 bits per heavy atom. The summed E-state index contributed by atoms with van der Waals surface area (Å²) < 4.78 is 0. The van der Waals surface area contributed by atoms with Gasteiger partial charge in [0.1, 0.15) is 18.1 Å². The number of nitrogens with zero attached hydrogens (tertiary/aromatic N) is 2. The molecule has 2 heterocycles. The lowest BCUT2D eigenvalue weighted by molar-refractivity contribution is -0.154. The van der Waals surface area contributed by atoms with Crippen molar-refractivity contribution >= 4 is 40.8 Å². The average molecular weight is 352 g/mol. The number of hydrogen-bond acceptors (Lipinski definition) is 4. The second kappa shape index (κ2) is 5.98. The van der Waals surface area contributed by atoms with E-state index in [4.69, 9.17) is 17.3 Å². The summed E-state index contributed by atoms with van der Waals surface area (Å²) in [6.45, 7) is 1.77. The molecule has 2 fully saturated rings. The van der Waals surface area contributed by atoms with E-state index in [1.165, 1.54) is 9.80 Å². The predicted molar refractivity (Wildman–Crippen MR) is 88.7 cm³/mol. The van der Waals surface area contributed by atoms with Crippen molar-refractivity contribution in [3.63, 3.8) is 0 Å². The van der Waals surface area contributed by atoms with Crippen molar-refractivity contribution in [2.45, 2.75) is 44.3 Å². The van der Waals surface area contributed by atoms with Gasteiger partial charge in [-0.05, 0) is 37.5 Å². The highest BCUT2D eigenvalue weighted by molar-refractivity contribution is 6.31. The summed E-state index contributed by atoms with van der Waals surface area (Å²) in [6, 6.07) is 2.27. The zero-order valence-corrected chi connectivity index (χ0v) is 13.9. The van der Waals surface area contributed by atoms with Crippen LogP contribution in [0.5, 0.6) is 0 Å². The summed E-state index contributed by atoms with van der Waals surface area (Å²) in [4.78, 5) is 39.9. The number of hydrogen-bond donors (Lipinski definition) is 2. The number of carbonyl (C=O) groups excluding carboxylic acids is 2. The number of carboxylic acid groups (broad SMARTS) is 1. The van der Waals surface area contributed by atoms with Crippen LogP contribution in [0.2, 0.25) is 5.02 Å². The van der Waals surface area contributed by atoms with Gasteiger partial charge in [-0.3, -0.25) is 14.5 Å². The minimum absolute atomic E-state index is 0.271. The first-order chi connectivity index (χ1) is 11.4. The lowest BCUT2D eigenvalue weighted by Gasteiger charge is -2.43. The summed E-state index contributed by atoms with van der Waals surface area (Å²) in [6.07, 6.45) is 0.952. The maximum atomic E-state index is 13.0. The molecule has 0 aromatic heterocycles. The molecule has 8 heteroatoms. The molecule has 128 valence electrons. The maximum Gasteiger partial charge on any atom is 0.326 e. The Morgan fingerprint density at radius 1 is 1.33 bits per heavy atom. The molecular weight excluding hydrogens is 334 g/mol. The molecule has 0 aliphatic carbocycles. The van der Waals surface area contributed by atoms with Crippen LogP contribution in [0.15, 0.2) is 18.2 Å². The van der Waals surface area contributed by atoms with Gasteiger partial charge in [0.15, 0.2) is 0 Å². The molecule has 3 rings (SSSR count). The minimum atomic E-state index is -1.08. The van der Waals surface area contributed by atoms with E-state index < -0.39 is 24.1 Å². The fourth-order valence-corrected chi connectivity index (χ4v) is 3.74. The molecular formula is C16H18ClN3O4. The molecule has 0 spiro atoms. The van der Waals surface area contributed by atoms with Gasteiger partial charge in [0.2, 0.25) is 5.91 Å². The number of piperazine rings is 1. The molecule has 7 nitrogen and oxygen atoms in total. The van der Waals surface area contributed by atoms with Gasteiger partial charge in [-0.1, -0.05) is 18.5 Å². The van der Waals surface area contributed by atoms with Gasteiger partial charge in [-0.2, -0.15) is 0 Å². The number of aliphatic carboxylic acids is 1. The number of nitrogens with two attached hydrogens (primary N) is 1. The molecule has 0 saturated carbocycles. The Labute approximate surface area is 144 Å². The van der Waals surface area contributed by atoms with Crippen molar-refractivity contribution in [2.24, 2.45) is 0 Å². The molecule has 1 aromatic carbocycles. The van der Waals surface area contributed by atoms with Crippen molar-refractivity contribution in [2.75, 3.05) is 10.6 Å². The van der Waals surface area contributed by atoms with Crippen molar-refractivity contribution in [3.8, 4) is 0 Å². The standard InChI is InChI=1S/C16H18ClN3O4/c1-2-10-14(21)20-11(5-6-12(20)16(23)24)15(22)19(10)13-7-8(17)3-4-9(13)18/h3-4,7,10-12H,2,5-6,18H2,1H3,(H,23,24). The molecule has 2 aliphatic heterocycles. The van der Waals surface area contributed by atoms with Crippen LogP contribution in [0.3, 0.4) is 0 Å². The Morgan fingerprint density at radius 2 is 2.04 bits per heavy atom. The predicted octanol–water partition coefficient (Wildman–Crippen LogP) is 1.49. The van der Waals surface area contributed by atoms with Crippen molar-refractivity contribution < 1.29 is 19.5 Å². The smallest absolute Gasteiger partial charge is 0.326 e. The minimum Gasteiger partial charge on any atom is -0.480 e. The van der Waals surface area contributed by atoms with Gasteiger partial charge in [0.25, 0.3) is 5.91 Å². The van der Waals surface area contributed by atoms with Crippen LogP contribution in [-0.4, -0.2) is 45.9 Å². The molecule has 2 amide bonds. The highest BCUT2D eigenvalue weighted by Gasteiger charge is 2.53. The van der Waals surface area contributed by atoms with Crippen LogP contribution in [0.25, 0.3) is 0 Å². The van der Waals surface area contributed by atoms with E-state index in [0.717, 1.165) is 0 Å². The molecule has 3 atom stereocenters. The Hall–Kier alpha value is -2.28. The number of carboxylic acids is 1. The van der Waals surface area contributed by atoms with Crippen molar-refractivity contribution in [1.82, 2.24) is 4.90 Å². The second-order valence-electron chi connectivity index (χ2n) is 6.03. The summed E-state index contributed by atoms with van der Waals surface area (Å²) in [5, 5.41) is 9.73. The summed E-state index contributed by atoms with van der Waals surface area (Å²) in [5.41, 5.74) is 6.73. The topological polar surface area (TPSA) is 104 Å². The van der Waals surface area contributed by atoms with Crippen LogP contribution < -0.4 is 10.6 Å². The number of carbonyl (C=O) groups is 3. The zero-order chi connectivity index (χ0) is 17.6. The normalized spacial score (nSPS) is 26.7. The van der Waals surface area contributed by atoms with Gasteiger partial charge < -0.3 is 15.7 Å². The quantitative estimate of drug-likeness (QED) is 0.803. The number of nitrogen functional groups attached to an aromatic ring is 1. The van der Waals surface area contributed by atoms with Gasteiger partial charge >= 0.3 is 5.97 Å². The molecule has 3 N–H and O–H groups in total. The fourth-order valence-electron chi connectivity index (χ4n) is 3.57. The highest BCUT2D eigenvalue weighted by atomic mass is 35.5. The van der Waals surface area contributed by atoms with Gasteiger partial charge in [0, 0.05) is 5.02 Å². The van der Waals surface area contributed by atoms with Crippen LogP contribution in [0, 0.1) is 0 Å². The third-order valence-corrected chi connectivity index (χ3v) is 4.92. The SMILES string of the molecule is CCC1C(=O)N2C(C(=O)O)CCC2C(=O)N1c1cc(Cl)ccc1N. The molecule has 1 aromatic rings. The van der Waals surface area contributed by atoms with Crippen LogP contribution in [0.1, 0.15) is 26.2 Å². The van der Waals surface area contributed by atoms with E-state index in [1.54, 1.807) is 25.1 Å². The molecule has 0 bridgehead atoms. The van der Waals surface area contributed by atoms with Gasteiger partial charge in [0.05, 0.1) is 11.4 Å². The number of amides is 2. The monoisotopic (exact) mass is 351 g/mol. The maximum absolute atomic E-state index is 13.0. The summed E-state index contributed by atoms with van der Waals surface area (Å²) in [7, 11) is 0. The molecule has 2 saturated heterocycles. The molecule has 3 unspecified atom stereocenters. The lowest BCUT2D eigenvalue weighted by atomic mass is 10.0. The van der Waals surface area contributed by atoms with E-state index in [9.17, 15) is 19.5 Å². The van der Waals surface area contributed by atoms with E-state index in [2.05, 4.69) is 0 Å². The largest absolute Gasteiger partial charge is 0.480 e. The fraction of sp³-hybridized carbons (Fsp3) is 0.438. The lowest BCUT2D eigenvalue weighted by Crippen LogP contribution is -2.65. The number of benzene rings is 1. The van der Waals surface area contributed by atoms with E-state index >= 15 is 0 Å². The zero-order valence-electron chi connectivity index (χ0n) is 13.1. The van der Waals surface area contributed by atoms with Crippen molar-refractivity contribution in [3.05, 3.63) is 23.2 Å². The Balaban J connectivity index is 2.06. The molecule has 24 heavy (non-hydrogen) atoms. The molecule has 2 aliphatic rings. The third kappa shape index (κ3) is 2.39. The van der Waals surface area contributed by atoms with Gasteiger partial charge in [-0.15, -0.1) is 0 Å². The Kier molecular flexibility index (Phi) is 4.13. The first-order valence-electron chi connectivity index (χ1n) is 7.79. The van der Waals surface area contributed by atoms with Crippen LogP contribution in [0.4, 0.5) is 11.4 Å². The summed E-state index contributed by atoms with van der Waals surface area (Å²) >= 11 is 6.02. The highest BCUT2D eigenvalue weighted by Crippen LogP contribution is 2.37. The van der Waals surface area contributed by atoms with Gasteiger partial charge in [-0.25, -0.2) is 4.79 Å².